The molecule has 0 unspecified atom stereocenters. The third-order valence-electron chi connectivity index (χ3n) is 3.79. The van der Waals surface area contributed by atoms with Gasteiger partial charge in [0.2, 0.25) is 0 Å². The summed E-state index contributed by atoms with van der Waals surface area (Å²) in [5.74, 6) is -1.17. The minimum atomic E-state index is -0.922. The number of rotatable bonds is 3. The summed E-state index contributed by atoms with van der Waals surface area (Å²) in [4.78, 5) is 12.8. The number of aryl methyl sites for hydroxylation is 2. The molecular weight excluding hydrogens is 270 g/mol. The van der Waals surface area contributed by atoms with Crippen molar-refractivity contribution in [3.63, 3.8) is 0 Å². The molecule has 0 radical (unpaired) electrons. The summed E-state index contributed by atoms with van der Waals surface area (Å²) < 4.78 is 27.2. The molecular formula is C18H18F2O. The van der Waals surface area contributed by atoms with Crippen molar-refractivity contribution in [2.75, 3.05) is 0 Å². The zero-order valence-electron chi connectivity index (χ0n) is 12.6. The van der Waals surface area contributed by atoms with E-state index < -0.39 is 11.2 Å². The molecule has 0 spiro atoms. The van der Waals surface area contributed by atoms with Crippen LogP contribution >= 0.6 is 0 Å². The summed E-state index contributed by atoms with van der Waals surface area (Å²) in [5, 5.41) is 0. The minimum Gasteiger partial charge on any atom is -0.293 e. The lowest BCUT2D eigenvalue weighted by atomic mass is 9.77. The first-order valence-corrected chi connectivity index (χ1v) is 6.81. The lowest BCUT2D eigenvalue weighted by Crippen LogP contribution is -2.30. The van der Waals surface area contributed by atoms with Crippen LogP contribution in [0.2, 0.25) is 0 Å². The Morgan fingerprint density at radius 2 is 1.57 bits per heavy atom. The van der Waals surface area contributed by atoms with E-state index in [2.05, 4.69) is 0 Å². The standard InChI is InChI=1S/C18H18F2O/c1-11-9-12(2)16(15(20)10-11)17(21)18(3,4)13-5-7-14(19)8-6-13/h5-10H,1-4H3. The molecule has 0 atom stereocenters. The van der Waals surface area contributed by atoms with Crippen molar-refractivity contribution in [3.8, 4) is 0 Å². The Bertz CT molecular complexity index is 662. The molecule has 2 aromatic carbocycles. The number of carbonyl (C=O) groups is 1. The molecule has 110 valence electrons. The number of halogens is 2. The number of hydrogen-bond donors (Lipinski definition) is 0. The first-order chi connectivity index (χ1) is 9.73. The van der Waals surface area contributed by atoms with Gasteiger partial charge in [0, 0.05) is 0 Å². The van der Waals surface area contributed by atoms with E-state index >= 15 is 0 Å². The maximum Gasteiger partial charge on any atom is 0.176 e. The number of ketones is 1. The second-order valence-corrected chi connectivity index (χ2v) is 5.90. The largest absolute Gasteiger partial charge is 0.293 e. The summed E-state index contributed by atoms with van der Waals surface area (Å²) in [6.07, 6.45) is 0. The fraction of sp³-hybridized carbons (Fsp3) is 0.278. The zero-order chi connectivity index (χ0) is 15.8. The van der Waals surface area contributed by atoms with Crippen molar-refractivity contribution in [2.45, 2.75) is 33.1 Å². The van der Waals surface area contributed by atoms with E-state index in [1.54, 1.807) is 45.9 Å². The molecule has 21 heavy (non-hydrogen) atoms. The third kappa shape index (κ3) is 2.87. The highest BCUT2D eigenvalue weighted by atomic mass is 19.1. The Morgan fingerprint density at radius 3 is 2.10 bits per heavy atom. The monoisotopic (exact) mass is 288 g/mol. The van der Waals surface area contributed by atoms with Gasteiger partial charge in [0.1, 0.15) is 11.6 Å². The van der Waals surface area contributed by atoms with Crippen molar-refractivity contribution in [3.05, 3.63) is 70.3 Å². The minimum absolute atomic E-state index is 0.106. The second kappa shape index (κ2) is 5.40. The SMILES string of the molecule is Cc1cc(C)c(C(=O)C(C)(C)c2ccc(F)cc2)c(F)c1. The van der Waals surface area contributed by atoms with Gasteiger partial charge in [-0.1, -0.05) is 18.2 Å². The lowest BCUT2D eigenvalue weighted by Gasteiger charge is -2.25. The number of hydrogen-bond acceptors (Lipinski definition) is 1. The average Bonchev–Trinajstić information content (AvgIpc) is 2.37. The molecule has 0 aliphatic rings. The predicted octanol–water partition coefficient (Wildman–Crippen LogP) is 4.74. The van der Waals surface area contributed by atoms with E-state index in [0.717, 1.165) is 5.56 Å². The highest BCUT2D eigenvalue weighted by Gasteiger charge is 2.33. The Hall–Kier alpha value is -2.03. The second-order valence-electron chi connectivity index (χ2n) is 5.90. The normalized spacial score (nSPS) is 11.5. The number of carbonyl (C=O) groups excluding carboxylic acids is 1. The summed E-state index contributed by atoms with van der Waals surface area (Å²) >= 11 is 0. The van der Waals surface area contributed by atoms with Crippen molar-refractivity contribution >= 4 is 5.78 Å². The molecule has 0 aliphatic heterocycles. The molecule has 0 N–H and O–H groups in total. The molecule has 0 saturated carbocycles. The van der Waals surface area contributed by atoms with Crippen LogP contribution in [-0.4, -0.2) is 5.78 Å². The van der Waals surface area contributed by atoms with Crippen LogP contribution in [0, 0.1) is 25.5 Å². The van der Waals surface area contributed by atoms with E-state index in [9.17, 15) is 13.6 Å². The molecule has 0 heterocycles. The fourth-order valence-electron chi connectivity index (χ4n) is 2.51. The van der Waals surface area contributed by atoms with Crippen molar-refractivity contribution in [2.24, 2.45) is 0 Å². The molecule has 2 rings (SSSR count). The van der Waals surface area contributed by atoms with Gasteiger partial charge >= 0.3 is 0 Å². The molecule has 1 nitrogen and oxygen atoms in total. The molecule has 0 saturated heterocycles. The van der Waals surface area contributed by atoms with Crippen LogP contribution in [0.1, 0.15) is 40.9 Å². The summed E-state index contributed by atoms with van der Waals surface area (Å²) in [6.45, 7) is 6.96. The van der Waals surface area contributed by atoms with Gasteiger partial charge in [0.25, 0.3) is 0 Å². The fourth-order valence-corrected chi connectivity index (χ4v) is 2.51. The zero-order valence-corrected chi connectivity index (χ0v) is 12.6. The Balaban J connectivity index is 2.50. The van der Waals surface area contributed by atoms with E-state index in [0.29, 0.717) is 11.1 Å². The first-order valence-electron chi connectivity index (χ1n) is 6.81. The summed E-state index contributed by atoms with van der Waals surface area (Å²) in [7, 11) is 0. The third-order valence-corrected chi connectivity index (χ3v) is 3.79. The van der Waals surface area contributed by atoms with Gasteiger partial charge in [-0.2, -0.15) is 0 Å². The van der Waals surface area contributed by atoms with Crippen molar-refractivity contribution in [1.82, 2.24) is 0 Å². The Labute approximate surface area is 123 Å². The number of benzene rings is 2. The molecule has 2 aromatic rings. The van der Waals surface area contributed by atoms with Gasteiger partial charge in [0.15, 0.2) is 5.78 Å². The topological polar surface area (TPSA) is 17.1 Å². The maximum absolute atomic E-state index is 14.2. The molecule has 0 fully saturated rings. The van der Waals surface area contributed by atoms with Crippen LogP contribution < -0.4 is 0 Å². The van der Waals surface area contributed by atoms with Gasteiger partial charge in [-0.05, 0) is 62.6 Å². The van der Waals surface area contributed by atoms with Gasteiger partial charge < -0.3 is 0 Å². The van der Waals surface area contributed by atoms with Crippen LogP contribution in [0.4, 0.5) is 8.78 Å². The molecule has 0 aliphatic carbocycles. The molecule has 0 bridgehead atoms. The van der Waals surface area contributed by atoms with Crippen LogP contribution in [-0.2, 0) is 5.41 Å². The van der Waals surface area contributed by atoms with Crippen LogP contribution in [0.15, 0.2) is 36.4 Å². The number of Topliss-reactive ketones (excluding diaryl/α,β-unsaturated/α-hetero) is 1. The maximum atomic E-state index is 14.2. The summed E-state index contributed by atoms with van der Waals surface area (Å²) in [6, 6.07) is 8.90. The van der Waals surface area contributed by atoms with Gasteiger partial charge in [-0.25, -0.2) is 8.78 Å². The van der Waals surface area contributed by atoms with Gasteiger partial charge in [-0.15, -0.1) is 0 Å². The van der Waals surface area contributed by atoms with Crippen LogP contribution in [0.3, 0.4) is 0 Å². The molecule has 0 aromatic heterocycles. The predicted molar refractivity (Wildman–Crippen MR) is 79.6 cm³/mol. The quantitative estimate of drug-likeness (QED) is 0.745. The van der Waals surface area contributed by atoms with Crippen LogP contribution in [0.25, 0.3) is 0 Å². The Kier molecular flexibility index (Phi) is 3.95. The van der Waals surface area contributed by atoms with Crippen LogP contribution in [0.5, 0.6) is 0 Å². The average molecular weight is 288 g/mol. The molecule has 0 amide bonds. The lowest BCUT2D eigenvalue weighted by molar-refractivity contribution is 0.0903. The van der Waals surface area contributed by atoms with Gasteiger partial charge in [-0.3, -0.25) is 4.79 Å². The van der Waals surface area contributed by atoms with Crippen molar-refractivity contribution in [1.29, 1.82) is 0 Å². The van der Waals surface area contributed by atoms with E-state index in [1.165, 1.54) is 18.2 Å². The van der Waals surface area contributed by atoms with E-state index in [4.69, 9.17) is 0 Å². The highest BCUT2D eigenvalue weighted by molar-refractivity contribution is 6.04. The first kappa shape index (κ1) is 15.4. The van der Waals surface area contributed by atoms with Gasteiger partial charge in [0.05, 0.1) is 11.0 Å². The molecule has 3 heteroatoms. The smallest absolute Gasteiger partial charge is 0.176 e. The van der Waals surface area contributed by atoms with E-state index in [1.807, 2.05) is 0 Å². The van der Waals surface area contributed by atoms with Crippen molar-refractivity contribution < 1.29 is 13.6 Å². The summed E-state index contributed by atoms with van der Waals surface area (Å²) in [5.41, 5.74) is 1.24. The van der Waals surface area contributed by atoms with E-state index in [-0.39, 0.29) is 17.2 Å². The Morgan fingerprint density at radius 1 is 1.00 bits per heavy atom. The highest BCUT2D eigenvalue weighted by Crippen LogP contribution is 2.30.